The van der Waals surface area contributed by atoms with Crippen LogP contribution in [0.15, 0.2) is 30.3 Å². The highest BCUT2D eigenvalue weighted by Gasteiger charge is 2.13. The van der Waals surface area contributed by atoms with Crippen LogP contribution in [0, 0.1) is 20.8 Å². The summed E-state index contributed by atoms with van der Waals surface area (Å²) in [5.74, 6) is -0.597. The highest BCUT2D eigenvalue weighted by Crippen LogP contribution is 2.21. The highest BCUT2D eigenvalue weighted by molar-refractivity contribution is 5.94. The first-order valence-electron chi connectivity index (χ1n) is 7.58. The van der Waals surface area contributed by atoms with E-state index in [4.69, 9.17) is 9.84 Å². The van der Waals surface area contributed by atoms with E-state index >= 15 is 0 Å². The molecule has 1 aromatic carbocycles. The van der Waals surface area contributed by atoms with Gasteiger partial charge in [0.25, 0.3) is 5.91 Å². The minimum absolute atomic E-state index is 0.0879. The molecule has 2 rings (SSSR count). The van der Waals surface area contributed by atoms with Gasteiger partial charge in [-0.1, -0.05) is 18.2 Å². The minimum Gasteiger partial charge on any atom is -0.491 e. The molecular formula is C18H20N2O4. The van der Waals surface area contributed by atoms with Crippen molar-refractivity contribution in [1.82, 2.24) is 10.3 Å². The number of aryl methyl sites for hydroxylation is 3. The number of carboxylic acid groups (broad SMARTS) is 1. The lowest BCUT2D eigenvalue weighted by molar-refractivity contribution is 0.0694. The Balaban J connectivity index is 1.90. The van der Waals surface area contributed by atoms with Crippen LogP contribution in [0.25, 0.3) is 0 Å². The predicted molar refractivity (Wildman–Crippen MR) is 89.7 cm³/mol. The highest BCUT2D eigenvalue weighted by atomic mass is 16.5. The van der Waals surface area contributed by atoms with Crippen LogP contribution in [0.1, 0.15) is 37.7 Å². The molecule has 0 radical (unpaired) electrons. The summed E-state index contributed by atoms with van der Waals surface area (Å²) in [6.45, 7) is 6.16. The smallest absolute Gasteiger partial charge is 0.337 e. The number of aromatic carboxylic acids is 1. The van der Waals surface area contributed by atoms with Crippen LogP contribution in [0.3, 0.4) is 0 Å². The number of rotatable bonds is 6. The average molecular weight is 328 g/mol. The number of nitrogens with one attached hydrogen (secondary N) is 1. The number of hydrogen-bond donors (Lipinski definition) is 2. The summed E-state index contributed by atoms with van der Waals surface area (Å²) in [6.07, 6.45) is 0. The van der Waals surface area contributed by atoms with Crippen LogP contribution in [-0.4, -0.2) is 35.1 Å². The fourth-order valence-electron chi connectivity index (χ4n) is 2.35. The monoisotopic (exact) mass is 328 g/mol. The van der Waals surface area contributed by atoms with Gasteiger partial charge in [-0.3, -0.25) is 4.79 Å². The Bertz CT molecular complexity index is 751. The lowest BCUT2D eigenvalue weighted by atomic mass is 10.1. The van der Waals surface area contributed by atoms with Crippen LogP contribution in [-0.2, 0) is 0 Å². The number of nitrogens with zero attached hydrogens (tertiary/aromatic N) is 1. The maximum atomic E-state index is 12.0. The third-order valence-electron chi connectivity index (χ3n) is 3.59. The van der Waals surface area contributed by atoms with E-state index in [0.717, 1.165) is 16.9 Å². The van der Waals surface area contributed by atoms with Crippen LogP contribution in [0.4, 0.5) is 0 Å². The van der Waals surface area contributed by atoms with Crippen molar-refractivity contribution >= 4 is 11.9 Å². The van der Waals surface area contributed by atoms with Gasteiger partial charge in [0, 0.05) is 0 Å². The molecule has 0 aliphatic heterocycles. The van der Waals surface area contributed by atoms with Gasteiger partial charge in [0.15, 0.2) is 0 Å². The molecule has 0 spiro atoms. The Morgan fingerprint density at radius 2 is 1.79 bits per heavy atom. The Hall–Kier alpha value is -2.89. The lowest BCUT2D eigenvalue weighted by Gasteiger charge is -2.12. The molecule has 1 aromatic heterocycles. The number of carbonyl (C=O) groups excluding carboxylic acids is 1. The van der Waals surface area contributed by atoms with Crippen molar-refractivity contribution in [2.75, 3.05) is 13.2 Å². The maximum absolute atomic E-state index is 12.0. The zero-order valence-electron chi connectivity index (χ0n) is 13.9. The Kier molecular flexibility index (Phi) is 5.52. The second-order valence-corrected chi connectivity index (χ2v) is 5.46. The number of ether oxygens (including phenoxy) is 1. The van der Waals surface area contributed by atoms with E-state index in [2.05, 4.69) is 10.3 Å². The molecule has 0 saturated heterocycles. The molecular weight excluding hydrogens is 308 g/mol. The van der Waals surface area contributed by atoms with Gasteiger partial charge in [-0.2, -0.15) is 0 Å². The fraction of sp³-hybridized carbons (Fsp3) is 0.278. The normalized spacial score (nSPS) is 10.3. The SMILES string of the molecule is Cc1cccc(C)c1OCCNC(=O)c1ccc(C(=O)O)c(C)n1. The van der Waals surface area contributed by atoms with Gasteiger partial charge >= 0.3 is 5.97 Å². The summed E-state index contributed by atoms with van der Waals surface area (Å²) in [5.41, 5.74) is 2.67. The number of pyridine rings is 1. The molecule has 0 saturated carbocycles. The van der Waals surface area contributed by atoms with Crippen molar-refractivity contribution in [3.63, 3.8) is 0 Å². The quantitative estimate of drug-likeness (QED) is 0.796. The van der Waals surface area contributed by atoms with Crippen LogP contribution < -0.4 is 10.1 Å². The van der Waals surface area contributed by atoms with Crippen molar-refractivity contribution < 1.29 is 19.4 Å². The first-order valence-corrected chi connectivity index (χ1v) is 7.58. The fourth-order valence-corrected chi connectivity index (χ4v) is 2.35. The Morgan fingerprint density at radius 1 is 1.12 bits per heavy atom. The van der Waals surface area contributed by atoms with Gasteiger partial charge in [-0.25, -0.2) is 9.78 Å². The van der Waals surface area contributed by atoms with Gasteiger partial charge in [0.2, 0.25) is 0 Å². The zero-order chi connectivity index (χ0) is 17.7. The summed E-state index contributed by atoms with van der Waals surface area (Å²) in [4.78, 5) is 27.0. The third kappa shape index (κ3) is 4.10. The number of amides is 1. The molecule has 24 heavy (non-hydrogen) atoms. The first-order chi connectivity index (χ1) is 11.4. The van der Waals surface area contributed by atoms with E-state index in [1.807, 2.05) is 32.0 Å². The van der Waals surface area contributed by atoms with E-state index in [1.54, 1.807) is 6.92 Å². The van der Waals surface area contributed by atoms with Crippen molar-refractivity contribution in [2.45, 2.75) is 20.8 Å². The number of para-hydroxylation sites is 1. The maximum Gasteiger partial charge on any atom is 0.337 e. The van der Waals surface area contributed by atoms with Crippen molar-refractivity contribution in [2.24, 2.45) is 0 Å². The minimum atomic E-state index is -1.06. The Labute approximate surface area is 140 Å². The number of benzene rings is 1. The molecule has 0 fully saturated rings. The van der Waals surface area contributed by atoms with E-state index in [0.29, 0.717) is 18.8 Å². The zero-order valence-corrected chi connectivity index (χ0v) is 13.9. The average Bonchev–Trinajstić information content (AvgIpc) is 2.53. The van der Waals surface area contributed by atoms with Gasteiger partial charge < -0.3 is 15.2 Å². The molecule has 1 heterocycles. The second-order valence-electron chi connectivity index (χ2n) is 5.46. The topological polar surface area (TPSA) is 88.5 Å². The van der Waals surface area contributed by atoms with Crippen LogP contribution >= 0.6 is 0 Å². The number of hydrogen-bond acceptors (Lipinski definition) is 4. The summed E-state index contributed by atoms with van der Waals surface area (Å²) in [5, 5.41) is 11.7. The molecule has 126 valence electrons. The summed E-state index contributed by atoms with van der Waals surface area (Å²) in [7, 11) is 0. The van der Waals surface area contributed by atoms with E-state index < -0.39 is 5.97 Å². The Morgan fingerprint density at radius 3 is 2.38 bits per heavy atom. The molecule has 1 amide bonds. The van der Waals surface area contributed by atoms with Crippen LogP contribution in [0.5, 0.6) is 5.75 Å². The van der Waals surface area contributed by atoms with Gasteiger partial charge in [-0.15, -0.1) is 0 Å². The molecule has 6 heteroatoms. The third-order valence-corrected chi connectivity index (χ3v) is 3.59. The van der Waals surface area contributed by atoms with Gasteiger partial charge in [0.05, 0.1) is 17.8 Å². The second kappa shape index (κ2) is 7.59. The first kappa shape index (κ1) is 17.5. The summed E-state index contributed by atoms with van der Waals surface area (Å²) < 4.78 is 5.72. The molecule has 2 aromatic rings. The molecule has 2 N–H and O–H groups in total. The van der Waals surface area contributed by atoms with E-state index in [1.165, 1.54) is 12.1 Å². The molecule has 0 atom stereocenters. The summed E-state index contributed by atoms with van der Waals surface area (Å²) in [6, 6.07) is 8.69. The number of carboxylic acids is 1. The molecule has 0 unspecified atom stereocenters. The van der Waals surface area contributed by atoms with Crippen molar-refractivity contribution in [3.8, 4) is 5.75 Å². The molecule has 6 nitrogen and oxygen atoms in total. The van der Waals surface area contributed by atoms with Crippen molar-refractivity contribution in [1.29, 1.82) is 0 Å². The predicted octanol–water partition coefficient (Wildman–Crippen LogP) is 2.51. The summed E-state index contributed by atoms with van der Waals surface area (Å²) >= 11 is 0. The largest absolute Gasteiger partial charge is 0.491 e. The lowest BCUT2D eigenvalue weighted by Crippen LogP contribution is -2.29. The van der Waals surface area contributed by atoms with E-state index in [9.17, 15) is 9.59 Å². The molecule has 0 aliphatic rings. The molecule has 0 bridgehead atoms. The standard InChI is InChI=1S/C18H20N2O4/c1-11-5-4-6-12(2)16(11)24-10-9-19-17(21)15-8-7-14(18(22)23)13(3)20-15/h4-8H,9-10H2,1-3H3,(H,19,21)(H,22,23). The van der Waals surface area contributed by atoms with Gasteiger partial charge in [-0.05, 0) is 44.0 Å². The van der Waals surface area contributed by atoms with Gasteiger partial charge in [0.1, 0.15) is 18.1 Å². The van der Waals surface area contributed by atoms with E-state index in [-0.39, 0.29) is 17.2 Å². The van der Waals surface area contributed by atoms with Crippen LogP contribution in [0.2, 0.25) is 0 Å². The molecule has 0 aliphatic carbocycles. The van der Waals surface area contributed by atoms with Crippen molar-refractivity contribution in [3.05, 3.63) is 58.4 Å². The number of carbonyl (C=O) groups is 2. The number of aromatic nitrogens is 1.